The van der Waals surface area contributed by atoms with Crippen molar-refractivity contribution in [3.05, 3.63) is 36.0 Å². The van der Waals surface area contributed by atoms with Gasteiger partial charge in [0.1, 0.15) is 5.54 Å². The Morgan fingerprint density at radius 1 is 1.15 bits per heavy atom. The number of piperidine rings is 1. The lowest BCUT2D eigenvalue weighted by atomic mass is 9.86. The van der Waals surface area contributed by atoms with Gasteiger partial charge in [0.15, 0.2) is 0 Å². The molecule has 1 aromatic carbocycles. The first-order valence-electron chi connectivity index (χ1n) is 9.79. The number of likely N-dealkylation sites (N-methyl/N-ethyl adjacent to an activating group) is 1. The minimum Gasteiger partial charge on any atom is -0.357 e. The van der Waals surface area contributed by atoms with E-state index >= 15 is 0 Å². The number of benzene rings is 1. The smallest absolute Gasteiger partial charge is 0.327 e. The first-order valence-corrected chi connectivity index (χ1v) is 9.79. The van der Waals surface area contributed by atoms with E-state index in [2.05, 4.69) is 28.1 Å². The van der Waals surface area contributed by atoms with Crippen LogP contribution in [0.1, 0.15) is 32.4 Å². The van der Waals surface area contributed by atoms with Crippen molar-refractivity contribution in [1.29, 1.82) is 0 Å². The standard InChI is InChI=1S/C21H28N4O2/c1-15(2)13-25-19(26)21(23(3)20(25)27)8-10-24(11-9-21)14-17-12-16-6-4-5-7-18(16)22-17/h4-7,12,15,22H,8-11,13-14H2,1-3H3. The number of carbonyl (C=O) groups excluding carboxylic acids is 2. The van der Waals surface area contributed by atoms with E-state index in [1.165, 1.54) is 16.0 Å². The molecular formula is C21H28N4O2. The predicted molar refractivity (Wildman–Crippen MR) is 105 cm³/mol. The molecule has 6 heteroatoms. The monoisotopic (exact) mass is 368 g/mol. The van der Waals surface area contributed by atoms with Gasteiger partial charge in [0.2, 0.25) is 0 Å². The van der Waals surface area contributed by atoms with E-state index in [-0.39, 0.29) is 17.9 Å². The molecule has 4 rings (SSSR count). The minimum atomic E-state index is -0.650. The van der Waals surface area contributed by atoms with Crippen LogP contribution >= 0.6 is 0 Å². The average Bonchev–Trinajstić information content (AvgIpc) is 3.13. The van der Waals surface area contributed by atoms with Crippen LogP contribution in [0.4, 0.5) is 4.79 Å². The van der Waals surface area contributed by atoms with Gasteiger partial charge in [-0.05, 0) is 36.3 Å². The molecule has 1 spiro atoms. The maximum Gasteiger partial charge on any atom is 0.327 e. The molecule has 0 bridgehead atoms. The quantitative estimate of drug-likeness (QED) is 0.844. The fourth-order valence-electron chi connectivity index (χ4n) is 4.46. The lowest BCUT2D eigenvalue weighted by molar-refractivity contribution is -0.135. The molecule has 27 heavy (non-hydrogen) atoms. The topological polar surface area (TPSA) is 59.7 Å². The summed E-state index contributed by atoms with van der Waals surface area (Å²) in [6, 6.07) is 10.3. The van der Waals surface area contributed by atoms with E-state index in [1.54, 1.807) is 11.9 Å². The van der Waals surface area contributed by atoms with Crippen molar-refractivity contribution in [2.75, 3.05) is 26.7 Å². The van der Waals surface area contributed by atoms with Gasteiger partial charge in [-0.15, -0.1) is 0 Å². The summed E-state index contributed by atoms with van der Waals surface area (Å²) in [6.45, 7) is 7.04. The van der Waals surface area contributed by atoms with E-state index in [0.29, 0.717) is 19.4 Å². The number of rotatable bonds is 4. The van der Waals surface area contributed by atoms with Gasteiger partial charge < -0.3 is 9.88 Å². The molecule has 0 saturated carbocycles. The molecule has 2 saturated heterocycles. The van der Waals surface area contributed by atoms with Crippen LogP contribution in [0.2, 0.25) is 0 Å². The lowest BCUT2D eigenvalue weighted by Crippen LogP contribution is -2.55. The first kappa shape index (κ1) is 18.0. The van der Waals surface area contributed by atoms with Gasteiger partial charge in [0, 0.05) is 44.4 Å². The number of likely N-dealkylation sites (tertiary alicyclic amines) is 1. The number of amides is 3. The van der Waals surface area contributed by atoms with Crippen LogP contribution in [0.3, 0.4) is 0 Å². The van der Waals surface area contributed by atoms with Gasteiger partial charge in [-0.2, -0.15) is 0 Å². The molecule has 3 heterocycles. The number of aromatic nitrogens is 1. The molecule has 0 atom stereocenters. The van der Waals surface area contributed by atoms with Gasteiger partial charge in [-0.1, -0.05) is 32.0 Å². The Bertz CT molecular complexity index is 831. The second-order valence-electron chi connectivity index (χ2n) is 8.34. The summed E-state index contributed by atoms with van der Waals surface area (Å²) in [5.41, 5.74) is 1.69. The summed E-state index contributed by atoms with van der Waals surface area (Å²) < 4.78 is 0. The zero-order valence-electron chi connectivity index (χ0n) is 16.4. The average molecular weight is 368 g/mol. The third kappa shape index (κ3) is 3.02. The van der Waals surface area contributed by atoms with Crippen molar-refractivity contribution >= 4 is 22.8 Å². The highest BCUT2D eigenvalue weighted by Crippen LogP contribution is 2.36. The van der Waals surface area contributed by atoms with Crippen LogP contribution in [-0.2, 0) is 11.3 Å². The minimum absolute atomic E-state index is 0.00559. The van der Waals surface area contributed by atoms with Crippen molar-refractivity contribution < 1.29 is 9.59 Å². The van der Waals surface area contributed by atoms with E-state index < -0.39 is 5.54 Å². The van der Waals surface area contributed by atoms with Gasteiger partial charge in [-0.25, -0.2) is 4.79 Å². The number of H-pyrrole nitrogens is 1. The van der Waals surface area contributed by atoms with Crippen molar-refractivity contribution in [2.45, 2.75) is 38.8 Å². The van der Waals surface area contributed by atoms with Crippen LogP contribution in [-0.4, -0.2) is 63.8 Å². The van der Waals surface area contributed by atoms with E-state index in [1.807, 2.05) is 26.0 Å². The Labute approximate surface area is 160 Å². The second kappa shape index (κ2) is 6.68. The molecule has 1 aromatic heterocycles. The molecular weight excluding hydrogens is 340 g/mol. The zero-order valence-corrected chi connectivity index (χ0v) is 16.4. The number of hydrogen-bond donors (Lipinski definition) is 1. The number of nitrogens with one attached hydrogen (secondary N) is 1. The van der Waals surface area contributed by atoms with Crippen LogP contribution in [0, 0.1) is 5.92 Å². The molecule has 1 N–H and O–H groups in total. The maximum atomic E-state index is 13.1. The van der Waals surface area contributed by atoms with Crippen molar-refractivity contribution in [3.8, 4) is 0 Å². The molecule has 0 unspecified atom stereocenters. The summed E-state index contributed by atoms with van der Waals surface area (Å²) in [5, 5.41) is 1.22. The first-order chi connectivity index (χ1) is 12.9. The fourth-order valence-corrected chi connectivity index (χ4v) is 4.46. The van der Waals surface area contributed by atoms with Gasteiger partial charge in [0.05, 0.1) is 0 Å². The number of nitrogens with zero attached hydrogens (tertiary/aromatic N) is 3. The highest BCUT2D eigenvalue weighted by Gasteiger charge is 2.56. The summed E-state index contributed by atoms with van der Waals surface area (Å²) in [5.74, 6) is 0.275. The third-order valence-corrected chi connectivity index (χ3v) is 6.01. The van der Waals surface area contributed by atoms with E-state index in [0.717, 1.165) is 25.2 Å². The largest absolute Gasteiger partial charge is 0.357 e. The molecule has 144 valence electrons. The van der Waals surface area contributed by atoms with Crippen LogP contribution in [0.25, 0.3) is 10.9 Å². The normalized spacial score (nSPS) is 20.6. The van der Waals surface area contributed by atoms with Crippen LogP contribution < -0.4 is 0 Å². The lowest BCUT2D eigenvalue weighted by Gasteiger charge is -2.40. The van der Waals surface area contributed by atoms with Crippen LogP contribution in [0.15, 0.2) is 30.3 Å². The Kier molecular flexibility index (Phi) is 4.46. The second-order valence-corrected chi connectivity index (χ2v) is 8.34. The van der Waals surface area contributed by atoms with Crippen molar-refractivity contribution in [3.63, 3.8) is 0 Å². The summed E-state index contributed by atoms with van der Waals surface area (Å²) in [4.78, 5) is 34.7. The van der Waals surface area contributed by atoms with Gasteiger partial charge >= 0.3 is 6.03 Å². The van der Waals surface area contributed by atoms with Crippen molar-refractivity contribution in [2.24, 2.45) is 5.92 Å². The van der Waals surface area contributed by atoms with Crippen molar-refractivity contribution in [1.82, 2.24) is 19.7 Å². The number of aromatic amines is 1. The molecule has 2 aliphatic heterocycles. The molecule has 6 nitrogen and oxygen atoms in total. The molecule has 0 radical (unpaired) electrons. The Morgan fingerprint density at radius 2 is 1.85 bits per heavy atom. The highest BCUT2D eigenvalue weighted by atomic mass is 16.2. The zero-order chi connectivity index (χ0) is 19.2. The van der Waals surface area contributed by atoms with Gasteiger partial charge in [0.25, 0.3) is 5.91 Å². The predicted octanol–water partition coefficient (Wildman–Crippen LogP) is 3.05. The molecule has 3 amide bonds. The maximum absolute atomic E-state index is 13.1. The SMILES string of the molecule is CC(C)CN1C(=O)N(C)C2(CCN(Cc3cc4ccccc4[nH]3)CC2)C1=O. The highest BCUT2D eigenvalue weighted by molar-refractivity contribution is 6.07. The molecule has 0 aliphatic carbocycles. The molecule has 2 aliphatic rings. The summed E-state index contributed by atoms with van der Waals surface area (Å²) >= 11 is 0. The van der Waals surface area contributed by atoms with E-state index in [9.17, 15) is 9.59 Å². The number of urea groups is 1. The van der Waals surface area contributed by atoms with Gasteiger partial charge in [-0.3, -0.25) is 14.6 Å². The summed E-state index contributed by atoms with van der Waals surface area (Å²) in [6.07, 6.45) is 1.39. The fraction of sp³-hybridized carbons (Fsp3) is 0.524. The number of carbonyl (C=O) groups is 2. The Balaban J connectivity index is 1.44. The number of imide groups is 1. The summed E-state index contributed by atoms with van der Waals surface area (Å²) in [7, 11) is 1.79. The molecule has 2 aromatic rings. The number of hydrogen-bond acceptors (Lipinski definition) is 3. The number of para-hydroxylation sites is 1. The Morgan fingerprint density at radius 3 is 2.52 bits per heavy atom. The van der Waals surface area contributed by atoms with E-state index in [4.69, 9.17) is 0 Å². The Hall–Kier alpha value is -2.34. The number of fused-ring (bicyclic) bond motifs is 1. The third-order valence-electron chi connectivity index (χ3n) is 6.01. The van der Waals surface area contributed by atoms with Crippen LogP contribution in [0.5, 0.6) is 0 Å². The molecule has 2 fully saturated rings.